The first-order valence-corrected chi connectivity index (χ1v) is 6.49. The highest BCUT2D eigenvalue weighted by Gasteiger charge is 2.21. The van der Waals surface area contributed by atoms with Gasteiger partial charge in [-0.2, -0.15) is 0 Å². The fourth-order valence-corrected chi connectivity index (χ4v) is 2.41. The van der Waals surface area contributed by atoms with Crippen molar-refractivity contribution < 1.29 is 0 Å². The lowest BCUT2D eigenvalue weighted by Gasteiger charge is -2.21. The largest absolute Gasteiger partial charge is 0.358 e. The lowest BCUT2D eigenvalue weighted by molar-refractivity contribution is 0.395. The van der Waals surface area contributed by atoms with Crippen LogP contribution >= 0.6 is 11.6 Å². The molecule has 4 nitrogen and oxygen atoms in total. The maximum absolute atomic E-state index is 5.69. The summed E-state index contributed by atoms with van der Waals surface area (Å²) in [5.74, 6) is 2.08. The van der Waals surface area contributed by atoms with Gasteiger partial charge in [-0.05, 0) is 25.9 Å². The summed E-state index contributed by atoms with van der Waals surface area (Å²) in [6.45, 7) is 3.42. The van der Waals surface area contributed by atoms with Crippen LogP contribution in [0.15, 0.2) is 12.4 Å². The highest BCUT2D eigenvalue weighted by molar-refractivity contribution is 6.16. The molecule has 2 heterocycles. The molecule has 5 heteroatoms. The molecule has 94 valence electrons. The first-order valence-electron chi connectivity index (χ1n) is 5.95. The van der Waals surface area contributed by atoms with Gasteiger partial charge >= 0.3 is 0 Å². The molecule has 0 bridgehead atoms. The fourth-order valence-electron chi connectivity index (χ4n) is 2.27. The smallest absolute Gasteiger partial charge is 0.146 e. The van der Waals surface area contributed by atoms with Crippen molar-refractivity contribution >= 4 is 17.4 Å². The molecule has 0 N–H and O–H groups in total. The maximum Gasteiger partial charge on any atom is 0.146 e. The standard InChI is InChI=1S/C12H19ClN4/c1-16-4-3-10(8-16)9-17(2)12-7-14-11(5-13)6-15-12/h6-7,10H,3-5,8-9H2,1-2H3. The molecule has 1 aliphatic rings. The Labute approximate surface area is 108 Å². The van der Waals surface area contributed by atoms with E-state index in [2.05, 4.69) is 33.9 Å². The van der Waals surface area contributed by atoms with E-state index in [1.54, 1.807) is 12.4 Å². The third-order valence-corrected chi connectivity index (χ3v) is 3.51. The van der Waals surface area contributed by atoms with E-state index in [1.165, 1.54) is 19.5 Å². The number of alkyl halides is 1. The Morgan fingerprint density at radius 3 is 2.82 bits per heavy atom. The molecule has 1 fully saturated rings. The van der Waals surface area contributed by atoms with Crippen LogP contribution in [-0.4, -0.2) is 48.6 Å². The normalized spacial score (nSPS) is 20.8. The topological polar surface area (TPSA) is 32.3 Å². The third-order valence-electron chi connectivity index (χ3n) is 3.24. The summed E-state index contributed by atoms with van der Waals surface area (Å²) in [7, 11) is 4.25. The van der Waals surface area contributed by atoms with Crippen LogP contribution in [0.2, 0.25) is 0 Å². The van der Waals surface area contributed by atoms with Crippen LogP contribution in [0.1, 0.15) is 12.1 Å². The molecule has 17 heavy (non-hydrogen) atoms. The number of anilines is 1. The summed E-state index contributed by atoms with van der Waals surface area (Å²) in [5, 5.41) is 0. The zero-order valence-electron chi connectivity index (χ0n) is 10.4. The van der Waals surface area contributed by atoms with Crippen molar-refractivity contribution in [3.63, 3.8) is 0 Å². The Kier molecular flexibility index (Phi) is 4.18. The van der Waals surface area contributed by atoms with E-state index >= 15 is 0 Å². The quantitative estimate of drug-likeness (QED) is 0.764. The van der Waals surface area contributed by atoms with Gasteiger partial charge in [-0.15, -0.1) is 11.6 Å². The molecule has 0 aliphatic carbocycles. The Morgan fingerprint density at radius 2 is 2.29 bits per heavy atom. The maximum atomic E-state index is 5.69. The predicted octanol–water partition coefficient (Wildman–Crippen LogP) is 1.60. The minimum Gasteiger partial charge on any atom is -0.358 e. The summed E-state index contributed by atoms with van der Waals surface area (Å²) in [6.07, 6.45) is 4.82. The van der Waals surface area contributed by atoms with Crippen LogP contribution < -0.4 is 4.90 Å². The molecule has 1 aliphatic heterocycles. The van der Waals surface area contributed by atoms with Crippen molar-refractivity contribution in [2.45, 2.75) is 12.3 Å². The van der Waals surface area contributed by atoms with Gasteiger partial charge in [0, 0.05) is 20.1 Å². The number of nitrogens with zero attached hydrogens (tertiary/aromatic N) is 4. The van der Waals surface area contributed by atoms with Crippen molar-refractivity contribution in [2.75, 3.05) is 38.6 Å². The molecule has 0 spiro atoms. The van der Waals surface area contributed by atoms with E-state index < -0.39 is 0 Å². The van der Waals surface area contributed by atoms with E-state index in [-0.39, 0.29) is 0 Å². The molecule has 1 atom stereocenters. The van der Waals surface area contributed by atoms with Gasteiger partial charge in [0.2, 0.25) is 0 Å². The Morgan fingerprint density at radius 1 is 1.47 bits per heavy atom. The van der Waals surface area contributed by atoms with Crippen molar-refractivity contribution in [2.24, 2.45) is 5.92 Å². The molecule has 0 radical (unpaired) electrons. The molecule has 1 saturated heterocycles. The highest BCUT2D eigenvalue weighted by atomic mass is 35.5. The molecule has 0 amide bonds. The SMILES string of the molecule is CN1CCC(CN(C)c2cnc(CCl)cn2)C1. The molecule has 2 rings (SSSR count). The first-order chi connectivity index (χ1) is 8.19. The van der Waals surface area contributed by atoms with Gasteiger partial charge < -0.3 is 9.80 Å². The van der Waals surface area contributed by atoms with Gasteiger partial charge in [0.1, 0.15) is 5.82 Å². The van der Waals surface area contributed by atoms with Gasteiger partial charge in [0.25, 0.3) is 0 Å². The average molecular weight is 255 g/mol. The number of hydrogen-bond donors (Lipinski definition) is 0. The Bertz CT molecular complexity index is 354. The molecule has 0 aromatic carbocycles. The van der Waals surface area contributed by atoms with Crippen LogP contribution in [0.5, 0.6) is 0 Å². The number of likely N-dealkylation sites (tertiary alicyclic amines) is 1. The molecule has 1 unspecified atom stereocenters. The van der Waals surface area contributed by atoms with Crippen molar-refractivity contribution in [1.29, 1.82) is 0 Å². The minimum absolute atomic E-state index is 0.421. The molecule has 1 aromatic rings. The fraction of sp³-hybridized carbons (Fsp3) is 0.667. The van der Waals surface area contributed by atoms with E-state index in [4.69, 9.17) is 11.6 Å². The van der Waals surface area contributed by atoms with Crippen LogP contribution in [0.25, 0.3) is 0 Å². The molecular weight excluding hydrogens is 236 g/mol. The predicted molar refractivity (Wildman–Crippen MR) is 70.5 cm³/mol. The highest BCUT2D eigenvalue weighted by Crippen LogP contribution is 2.17. The summed E-state index contributed by atoms with van der Waals surface area (Å²) in [5.41, 5.74) is 0.824. The second-order valence-corrected chi connectivity index (χ2v) is 5.06. The number of aromatic nitrogens is 2. The molecular formula is C12H19ClN4. The zero-order valence-corrected chi connectivity index (χ0v) is 11.2. The molecule has 1 aromatic heterocycles. The van der Waals surface area contributed by atoms with Crippen molar-refractivity contribution in [3.8, 4) is 0 Å². The number of hydrogen-bond acceptors (Lipinski definition) is 4. The van der Waals surface area contributed by atoms with E-state index in [1.807, 2.05) is 0 Å². The molecule has 0 saturated carbocycles. The third kappa shape index (κ3) is 3.30. The van der Waals surface area contributed by atoms with E-state index in [0.717, 1.165) is 24.0 Å². The first kappa shape index (κ1) is 12.6. The summed E-state index contributed by atoms with van der Waals surface area (Å²) in [4.78, 5) is 13.2. The second kappa shape index (κ2) is 5.65. The average Bonchev–Trinajstić information content (AvgIpc) is 2.75. The van der Waals surface area contributed by atoms with E-state index in [0.29, 0.717) is 5.88 Å². The van der Waals surface area contributed by atoms with Crippen molar-refractivity contribution in [3.05, 3.63) is 18.1 Å². The van der Waals surface area contributed by atoms with Gasteiger partial charge in [-0.1, -0.05) is 0 Å². The Hall–Kier alpha value is -0.870. The second-order valence-electron chi connectivity index (χ2n) is 4.80. The summed E-state index contributed by atoms with van der Waals surface area (Å²) < 4.78 is 0. The van der Waals surface area contributed by atoms with Crippen LogP contribution in [0, 0.1) is 5.92 Å². The number of halogens is 1. The monoisotopic (exact) mass is 254 g/mol. The summed E-state index contributed by atoms with van der Waals surface area (Å²) >= 11 is 5.69. The van der Waals surface area contributed by atoms with Crippen LogP contribution in [0.4, 0.5) is 5.82 Å². The van der Waals surface area contributed by atoms with Gasteiger partial charge in [-0.25, -0.2) is 4.98 Å². The Balaban J connectivity index is 1.92. The van der Waals surface area contributed by atoms with Crippen LogP contribution in [-0.2, 0) is 5.88 Å². The lowest BCUT2D eigenvalue weighted by Crippen LogP contribution is -2.27. The van der Waals surface area contributed by atoms with Gasteiger partial charge in [0.15, 0.2) is 0 Å². The lowest BCUT2D eigenvalue weighted by atomic mass is 10.1. The van der Waals surface area contributed by atoms with Gasteiger partial charge in [0.05, 0.1) is 24.0 Å². The zero-order chi connectivity index (χ0) is 12.3. The van der Waals surface area contributed by atoms with Gasteiger partial charge in [-0.3, -0.25) is 4.98 Å². The minimum atomic E-state index is 0.421. The summed E-state index contributed by atoms with van der Waals surface area (Å²) in [6, 6.07) is 0. The van der Waals surface area contributed by atoms with Crippen molar-refractivity contribution in [1.82, 2.24) is 14.9 Å². The van der Waals surface area contributed by atoms with Crippen LogP contribution in [0.3, 0.4) is 0 Å². The van der Waals surface area contributed by atoms with E-state index in [9.17, 15) is 0 Å². The number of rotatable bonds is 4.